The Hall–Kier alpha value is -4.63. The van der Waals surface area contributed by atoms with E-state index in [1.165, 1.54) is 17.7 Å². The third-order valence-corrected chi connectivity index (χ3v) is 8.16. The van der Waals surface area contributed by atoms with Gasteiger partial charge in [0.2, 0.25) is 0 Å². The van der Waals surface area contributed by atoms with Crippen molar-refractivity contribution >= 4 is 44.5 Å². The van der Waals surface area contributed by atoms with Gasteiger partial charge in [-0.1, -0.05) is 24.3 Å². The van der Waals surface area contributed by atoms with Gasteiger partial charge in [-0.3, -0.25) is 14.9 Å². The molecular weight excluding hydrogens is 524 g/mol. The number of benzene rings is 3. The highest BCUT2D eigenvalue weighted by molar-refractivity contribution is 7.17. The summed E-state index contributed by atoms with van der Waals surface area (Å²) in [6.07, 6.45) is 2.03. The van der Waals surface area contributed by atoms with Gasteiger partial charge in [-0.15, -0.1) is 11.3 Å². The summed E-state index contributed by atoms with van der Waals surface area (Å²) >= 11 is 1.63. The van der Waals surface area contributed by atoms with E-state index in [0.29, 0.717) is 18.8 Å². The third-order valence-electron chi connectivity index (χ3n) is 7.30. The van der Waals surface area contributed by atoms with Gasteiger partial charge >= 0.3 is 0 Å². The maximum Gasteiger partial charge on any atom is 0.272 e. The minimum atomic E-state index is -0.410. The van der Waals surface area contributed by atoms with Crippen molar-refractivity contribution in [3.05, 3.63) is 117 Å². The van der Waals surface area contributed by atoms with E-state index in [4.69, 9.17) is 4.74 Å². The normalized spacial score (nSPS) is 12.8. The zero-order valence-corrected chi connectivity index (χ0v) is 22.8. The van der Waals surface area contributed by atoms with E-state index in [1.54, 1.807) is 23.5 Å². The molecule has 0 saturated heterocycles. The van der Waals surface area contributed by atoms with Crippen LogP contribution in [0.4, 0.5) is 17.1 Å². The predicted octanol–water partition coefficient (Wildman–Crippen LogP) is 6.93. The van der Waals surface area contributed by atoms with E-state index in [9.17, 15) is 14.9 Å². The molecule has 3 heterocycles. The molecule has 0 unspecified atom stereocenters. The molecule has 5 aromatic rings. The van der Waals surface area contributed by atoms with Crippen LogP contribution in [-0.2, 0) is 26.6 Å². The second-order valence-electron chi connectivity index (χ2n) is 9.91. The van der Waals surface area contributed by atoms with Crippen LogP contribution in [0.3, 0.4) is 0 Å². The molecule has 1 aliphatic rings. The van der Waals surface area contributed by atoms with Crippen molar-refractivity contribution in [3.63, 3.8) is 0 Å². The van der Waals surface area contributed by atoms with Gasteiger partial charge in [0, 0.05) is 32.3 Å². The number of nitro groups is 1. The number of hydrogen-bond donors (Lipinski definition) is 1. The van der Waals surface area contributed by atoms with Crippen molar-refractivity contribution in [1.29, 1.82) is 0 Å². The van der Waals surface area contributed by atoms with Crippen molar-refractivity contribution in [2.75, 3.05) is 16.8 Å². The summed E-state index contributed by atoms with van der Waals surface area (Å²) in [5.74, 6) is 0.621. The Morgan fingerprint density at radius 3 is 2.58 bits per heavy atom. The van der Waals surface area contributed by atoms with Crippen molar-refractivity contribution < 1.29 is 14.5 Å². The Balaban J connectivity index is 1.15. The van der Waals surface area contributed by atoms with E-state index in [1.807, 2.05) is 53.4 Å². The fraction of sp³-hybridized carbons (Fsp3) is 0.194. The molecule has 2 aromatic heterocycles. The fourth-order valence-corrected chi connectivity index (χ4v) is 6.09. The quantitative estimate of drug-likeness (QED) is 0.167. The van der Waals surface area contributed by atoms with Crippen LogP contribution in [0.2, 0.25) is 0 Å². The summed E-state index contributed by atoms with van der Waals surface area (Å²) < 4.78 is 8.94. The van der Waals surface area contributed by atoms with Crippen LogP contribution in [0, 0.1) is 10.1 Å². The van der Waals surface area contributed by atoms with Gasteiger partial charge in [0.15, 0.2) is 0 Å². The Bertz CT molecular complexity index is 1690. The van der Waals surface area contributed by atoms with E-state index in [-0.39, 0.29) is 11.6 Å². The lowest BCUT2D eigenvalue weighted by atomic mass is 9.99. The van der Waals surface area contributed by atoms with Crippen LogP contribution in [0.5, 0.6) is 5.75 Å². The number of hydrogen-bond acceptors (Lipinski definition) is 6. The van der Waals surface area contributed by atoms with Gasteiger partial charge in [0.25, 0.3) is 11.6 Å². The molecule has 9 heteroatoms. The number of ether oxygens (including phenoxy) is 1. The number of aryl methyl sites for hydroxylation is 2. The van der Waals surface area contributed by atoms with Gasteiger partial charge in [-0.05, 0) is 77.4 Å². The number of para-hydroxylation sites is 1. The van der Waals surface area contributed by atoms with E-state index in [0.717, 1.165) is 57.9 Å². The number of nitrogens with zero attached hydrogens (tertiary/aromatic N) is 3. The fourth-order valence-electron chi connectivity index (χ4n) is 5.24. The first-order valence-corrected chi connectivity index (χ1v) is 14.0. The number of nitro benzene ring substituents is 1. The highest BCUT2D eigenvalue weighted by Gasteiger charge is 2.23. The molecule has 0 radical (unpaired) electrons. The average molecular weight is 553 g/mol. The summed E-state index contributed by atoms with van der Waals surface area (Å²) in [5.41, 5.74) is 6.92. The average Bonchev–Trinajstić information content (AvgIpc) is 3.56. The number of carbonyl (C=O) groups is 1. The largest absolute Gasteiger partial charge is 0.489 e. The topological polar surface area (TPSA) is 89.6 Å². The van der Waals surface area contributed by atoms with Crippen LogP contribution >= 0.6 is 11.3 Å². The number of thiophene rings is 1. The van der Waals surface area contributed by atoms with Crippen molar-refractivity contribution in [2.45, 2.75) is 26.0 Å². The molecule has 6 rings (SSSR count). The summed E-state index contributed by atoms with van der Waals surface area (Å²) in [6, 6.07) is 24.5. The highest BCUT2D eigenvalue weighted by atomic mass is 32.1. The first kappa shape index (κ1) is 25.6. The molecule has 0 fully saturated rings. The number of non-ortho nitro benzene ring substituents is 1. The monoisotopic (exact) mass is 552 g/mol. The maximum absolute atomic E-state index is 13.3. The number of carbonyl (C=O) groups excluding carboxylic acids is 1. The third kappa shape index (κ3) is 5.15. The molecule has 1 amide bonds. The summed E-state index contributed by atoms with van der Waals surface area (Å²) in [5, 5.41) is 16.1. The van der Waals surface area contributed by atoms with Gasteiger partial charge in [-0.2, -0.15) is 0 Å². The Labute approximate surface area is 235 Å². The first-order chi connectivity index (χ1) is 19.5. The summed E-state index contributed by atoms with van der Waals surface area (Å²) in [6.45, 7) is 1.94. The highest BCUT2D eigenvalue weighted by Crippen LogP contribution is 2.36. The first-order valence-electron chi connectivity index (χ1n) is 13.1. The molecule has 0 spiro atoms. The molecule has 1 aliphatic heterocycles. The second-order valence-corrected chi connectivity index (χ2v) is 10.9. The minimum absolute atomic E-state index is 0.0647. The summed E-state index contributed by atoms with van der Waals surface area (Å²) in [4.78, 5) is 26.1. The lowest BCUT2D eigenvalue weighted by Gasteiger charge is -2.33. The molecule has 3 aromatic carbocycles. The van der Waals surface area contributed by atoms with Gasteiger partial charge < -0.3 is 19.5 Å². The Morgan fingerprint density at radius 1 is 1.05 bits per heavy atom. The predicted molar refractivity (Wildman–Crippen MR) is 158 cm³/mol. The van der Waals surface area contributed by atoms with E-state index in [2.05, 4.69) is 28.4 Å². The zero-order valence-electron chi connectivity index (χ0n) is 22.0. The summed E-state index contributed by atoms with van der Waals surface area (Å²) in [7, 11) is 1.93. The van der Waals surface area contributed by atoms with Crippen LogP contribution in [0.15, 0.2) is 84.2 Å². The molecule has 0 atom stereocenters. The number of anilines is 2. The molecule has 0 bridgehead atoms. The van der Waals surface area contributed by atoms with Crippen molar-refractivity contribution in [1.82, 2.24) is 4.57 Å². The molecule has 8 nitrogen and oxygen atoms in total. The SMILES string of the molecule is Cn1c(C(=O)Nc2cccc3c2N(Cc2ccc(OCc4ccc([N+](=O)[O-])cc4)cc2)CCC3)cc2sccc21. The Morgan fingerprint density at radius 2 is 1.82 bits per heavy atom. The van der Waals surface area contributed by atoms with Gasteiger partial charge in [0.05, 0.1) is 26.5 Å². The van der Waals surface area contributed by atoms with Crippen molar-refractivity contribution in [3.8, 4) is 5.75 Å². The maximum atomic E-state index is 13.3. The number of rotatable bonds is 8. The standard InChI is InChI=1S/C31H28N4O4S/c1-33-27-15-17-40-29(27)18-28(33)31(36)32-26-6-2-4-23-5-3-16-34(30(23)26)19-21-9-13-25(14-10-21)39-20-22-7-11-24(12-8-22)35(37)38/h2,4,6-15,17-18H,3,5,16,19-20H2,1H3,(H,32,36). The van der Waals surface area contributed by atoms with Crippen LogP contribution < -0.4 is 15.0 Å². The van der Waals surface area contributed by atoms with Crippen LogP contribution in [0.1, 0.15) is 33.6 Å². The van der Waals surface area contributed by atoms with E-state index < -0.39 is 4.92 Å². The molecular formula is C31H28N4O4S. The number of nitrogens with one attached hydrogen (secondary N) is 1. The van der Waals surface area contributed by atoms with Crippen LogP contribution in [-0.4, -0.2) is 21.9 Å². The number of aromatic nitrogens is 1. The van der Waals surface area contributed by atoms with Crippen molar-refractivity contribution in [2.24, 2.45) is 7.05 Å². The second kappa shape index (κ2) is 10.9. The molecule has 0 saturated carbocycles. The minimum Gasteiger partial charge on any atom is -0.489 e. The van der Waals surface area contributed by atoms with Gasteiger partial charge in [-0.25, -0.2) is 0 Å². The molecule has 40 heavy (non-hydrogen) atoms. The van der Waals surface area contributed by atoms with E-state index >= 15 is 0 Å². The van der Waals surface area contributed by atoms with Crippen LogP contribution in [0.25, 0.3) is 10.2 Å². The number of fused-ring (bicyclic) bond motifs is 2. The van der Waals surface area contributed by atoms with Gasteiger partial charge in [0.1, 0.15) is 18.1 Å². The molecule has 202 valence electrons. The zero-order chi connectivity index (χ0) is 27.6. The Kier molecular flexibility index (Phi) is 6.96. The lowest BCUT2D eigenvalue weighted by molar-refractivity contribution is -0.384. The lowest BCUT2D eigenvalue weighted by Crippen LogP contribution is -2.30. The molecule has 0 aliphatic carbocycles. The molecule has 1 N–H and O–H groups in total. The number of amides is 1. The smallest absolute Gasteiger partial charge is 0.272 e.